The summed E-state index contributed by atoms with van der Waals surface area (Å²) < 4.78 is 5.71. The molecule has 0 aliphatic carbocycles. The van der Waals surface area contributed by atoms with Crippen LogP contribution >= 0.6 is 11.8 Å². The van der Waals surface area contributed by atoms with Gasteiger partial charge in [0.15, 0.2) is 0 Å². The average Bonchev–Trinajstić information content (AvgIpc) is 3.14. The highest BCUT2D eigenvalue weighted by Crippen LogP contribution is 2.35. The highest BCUT2D eigenvalue weighted by atomic mass is 32.2. The monoisotopic (exact) mass is 450 g/mol. The molecule has 6 heteroatoms. The van der Waals surface area contributed by atoms with Crippen molar-refractivity contribution in [3.63, 3.8) is 0 Å². The average molecular weight is 451 g/mol. The van der Waals surface area contributed by atoms with E-state index in [0.29, 0.717) is 19.5 Å². The molecule has 4 rings (SSSR count). The number of benzene rings is 2. The summed E-state index contributed by atoms with van der Waals surface area (Å²) in [7, 11) is 0. The molecule has 0 spiro atoms. The molecule has 0 N–H and O–H groups in total. The second-order valence-corrected chi connectivity index (χ2v) is 9.32. The predicted molar refractivity (Wildman–Crippen MR) is 129 cm³/mol. The van der Waals surface area contributed by atoms with Crippen molar-refractivity contribution in [2.24, 2.45) is 0 Å². The molecule has 32 heavy (non-hydrogen) atoms. The minimum atomic E-state index is -0.238. The normalized spacial score (nSPS) is 21.8. The van der Waals surface area contributed by atoms with E-state index in [0.717, 1.165) is 29.7 Å². The first-order valence-corrected chi connectivity index (χ1v) is 12.3. The van der Waals surface area contributed by atoms with Crippen LogP contribution in [0.2, 0.25) is 0 Å². The summed E-state index contributed by atoms with van der Waals surface area (Å²) in [5, 5.41) is 2.05. The predicted octanol–water partition coefficient (Wildman–Crippen LogP) is 5.35. The van der Waals surface area contributed by atoms with Gasteiger partial charge in [0.2, 0.25) is 5.91 Å². The van der Waals surface area contributed by atoms with E-state index >= 15 is 0 Å². The van der Waals surface area contributed by atoms with Crippen LogP contribution < -0.4 is 0 Å². The van der Waals surface area contributed by atoms with E-state index < -0.39 is 0 Å². The van der Waals surface area contributed by atoms with Crippen LogP contribution in [0.1, 0.15) is 43.4 Å². The molecule has 2 heterocycles. The summed E-state index contributed by atoms with van der Waals surface area (Å²) in [4.78, 5) is 29.0. The summed E-state index contributed by atoms with van der Waals surface area (Å²) in [6.07, 6.45) is 3.73. The van der Waals surface area contributed by atoms with E-state index in [1.54, 1.807) is 11.8 Å². The lowest BCUT2D eigenvalue weighted by Crippen LogP contribution is -2.49. The minimum Gasteiger partial charge on any atom is -0.439 e. The first kappa shape index (κ1) is 22.5. The highest BCUT2D eigenvalue weighted by molar-refractivity contribution is 8.02. The summed E-state index contributed by atoms with van der Waals surface area (Å²) in [6.45, 7) is 3.45. The maximum atomic E-state index is 12.6. The molecule has 2 aliphatic heterocycles. The number of hydrogen-bond donors (Lipinski definition) is 0. The van der Waals surface area contributed by atoms with Crippen molar-refractivity contribution in [2.45, 2.75) is 44.4 Å². The minimum absolute atomic E-state index is 0.00930. The Bertz CT molecular complexity index is 927. The number of carbonyl (C=O) groups excluding carboxylic acids is 2. The van der Waals surface area contributed by atoms with Crippen LogP contribution in [-0.4, -0.2) is 52.7 Å². The lowest BCUT2D eigenvalue weighted by atomic mass is 9.98. The molecule has 0 saturated carbocycles. The molecule has 2 aromatic carbocycles. The zero-order chi connectivity index (χ0) is 22.3. The molecule has 2 atom stereocenters. The van der Waals surface area contributed by atoms with E-state index in [2.05, 4.69) is 30.5 Å². The second-order valence-electron chi connectivity index (χ2n) is 8.31. The van der Waals surface area contributed by atoms with E-state index in [1.807, 2.05) is 58.3 Å². The SMILES string of the molecule is CC1C(c2ccccc2)OC(=O)N1C1CCN(C(=O)CCSC=Cc2ccccc2)CC1. The molecule has 5 nitrogen and oxygen atoms in total. The smallest absolute Gasteiger partial charge is 0.411 e. The first-order valence-electron chi connectivity index (χ1n) is 11.3. The third-order valence-corrected chi connectivity index (χ3v) is 7.01. The Hall–Kier alpha value is -2.73. The number of hydrogen-bond acceptors (Lipinski definition) is 4. The number of thioether (sulfide) groups is 1. The van der Waals surface area contributed by atoms with Crippen LogP contribution in [0.5, 0.6) is 0 Å². The maximum Gasteiger partial charge on any atom is 0.411 e. The van der Waals surface area contributed by atoms with Gasteiger partial charge in [-0.05, 0) is 42.4 Å². The Morgan fingerprint density at radius 3 is 2.41 bits per heavy atom. The van der Waals surface area contributed by atoms with Gasteiger partial charge in [-0.1, -0.05) is 60.7 Å². The fraction of sp³-hybridized carbons (Fsp3) is 0.385. The van der Waals surface area contributed by atoms with Crippen molar-refractivity contribution < 1.29 is 14.3 Å². The van der Waals surface area contributed by atoms with Gasteiger partial charge in [-0.3, -0.25) is 9.69 Å². The van der Waals surface area contributed by atoms with Crippen molar-refractivity contribution in [1.82, 2.24) is 9.80 Å². The van der Waals surface area contributed by atoms with Crippen LogP contribution in [0.25, 0.3) is 6.08 Å². The third-order valence-electron chi connectivity index (χ3n) is 6.24. The third kappa shape index (κ3) is 5.36. The van der Waals surface area contributed by atoms with Gasteiger partial charge in [0.1, 0.15) is 6.10 Å². The van der Waals surface area contributed by atoms with Gasteiger partial charge in [0.05, 0.1) is 6.04 Å². The van der Waals surface area contributed by atoms with Crippen molar-refractivity contribution >= 4 is 29.8 Å². The van der Waals surface area contributed by atoms with E-state index in [1.165, 1.54) is 0 Å². The molecule has 2 aliphatic rings. The molecule has 2 saturated heterocycles. The number of likely N-dealkylation sites (tertiary alicyclic amines) is 1. The molecule has 0 bridgehead atoms. The summed E-state index contributed by atoms with van der Waals surface area (Å²) in [6, 6.07) is 20.2. The van der Waals surface area contributed by atoms with E-state index in [4.69, 9.17) is 4.74 Å². The van der Waals surface area contributed by atoms with Gasteiger partial charge >= 0.3 is 6.09 Å². The summed E-state index contributed by atoms with van der Waals surface area (Å²) in [5.41, 5.74) is 2.19. The molecular formula is C26H30N2O3S. The van der Waals surface area contributed by atoms with Crippen LogP contribution in [0.3, 0.4) is 0 Å². The Kier molecular flexibility index (Phi) is 7.53. The Morgan fingerprint density at radius 1 is 1.06 bits per heavy atom. The molecule has 2 amide bonds. The fourth-order valence-corrected chi connectivity index (χ4v) is 5.19. The summed E-state index contributed by atoms with van der Waals surface area (Å²) >= 11 is 1.66. The zero-order valence-corrected chi connectivity index (χ0v) is 19.2. The first-order chi connectivity index (χ1) is 15.6. The van der Waals surface area contributed by atoms with Gasteiger partial charge in [-0.15, -0.1) is 11.8 Å². The highest BCUT2D eigenvalue weighted by Gasteiger charge is 2.44. The number of cyclic esters (lactones) is 1. The van der Waals surface area contributed by atoms with Gasteiger partial charge in [0.25, 0.3) is 0 Å². The van der Waals surface area contributed by atoms with Gasteiger partial charge in [-0.25, -0.2) is 4.79 Å². The van der Waals surface area contributed by atoms with Crippen LogP contribution in [0, 0.1) is 0 Å². The standard InChI is InChI=1S/C26H30N2O3S/c1-20-25(22-10-6-3-7-11-22)31-26(30)28(20)23-12-16-27(17-13-23)24(29)15-19-32-18-14-21-8-4-2-5-9-21/h2-11,14,18,20,23,25H,12-13,15-17,19H2,1H3. The maximum absolute atomic E-state index is 12.6. The van der Waals surface area contributed by atoms with Crippen LogP contribution in [-0.2, 0) is 9.53 Å². The van der Waals surface area contributed by atoms with Crippen molar-refractivity contribution in [1.29, 1.82) is 0 Å². The fourth-order valence-electron chi connectivity index (χ4n) is 4.51. The number of rotatable bonds is 7. The molecule has 0 radical (unpaired) electrons. The number of nitrogens with zero attached hydrogens (tertiary/aromatic N) is 2. The quantitative estimate of drug-likeness (QED) is 0.533. The summed E-state index contributed by atoms with van der Waals surface area (Å²) in [5.74, 6) is 0.972. The number of ether oxygens (including phenoxy) is 1. The largest absolute Gasteiger partial charge is 0.439 e. The van der Waals surface area contributed by atoms with E-state index in [9.17, 15) is 9.59 Å². The number of carbonyl (C=O) groups is 2. The topological polar surface area (TPSA) is 49.9 Å². The Balaban J connectivity index is 1.22. The second kappa shape index (κ2) is 10.7. The van der Waals surface area contributed by atoms with Crippen LogP contribution in [0.4, 0.5) is 4.79 Å². The molecule has 2 unspecified atom stereocenters. The van der Waals surface area contributed by atoms with Gasteiger partial charge in [0, 0.05) is 31.3 Å². The van der Waals surface area contributed by atoms with Crippen LogP contribution in [0.15, 0.2) is 66.1 Å². The van der Waals surface area contributed by atoms with Crippen molar-refractivity contribution in [2.75, 3.05) is 18.8 Å². The zero-order valence-electron chi connectivity index (χ0n) is 18.4. The molecule has 2 fully saturated rings. The van der Waals surface area contributed by atoms with Gasteiger partial charge in [-0.2, -0.15) is 0 Å². The van der Waals surface area contributed by atoms with E-state index in [-0.39, 0.29) is 30.2 Å². The van der Waals surface area contributed by atoms with Crippen molar-refractivity contribution in [3.05, 3.63) is 77.2 Å². The molecular weight excluding hydrogens is 420 g/mol. The van der Waals surface area contributed by atoms with Crippen molar-refractivity contribution in [3.8, 4) is 0 Å². The lowest BCUT2D eigenvalue weighted by molar-refractivity contribution is -0.132. The van der Waals surface area contributed by atoms with Gasteiger partial charge < -0.3 is 9.64 Å². The Morgan fingerprint density at radius 2 is 1.72 bits per heavy atom. The molecule has 2 aromatic rings. The number of piperidine rings is 1. The molecule has 0 aromatic heterocycles. The number of amides is 2. The molecule has 168 valence electrons. The lowest BCUT2D eigenvalue weighted by Gasteiger charge is -2.37. The Labute approximate surface area is 194 Å².